The van der Waals surface area contributed by atoms with E-state index in [-0.39, 0.29) is 30.9 Å². The molecule has 28 heavy (non-hydrogen) atoms. The van der Waals surface area contributed by atoms with Gasteiger partial charge in [-0.3, -0.25) is 9.59 Å². The summed E-state index contributed by atoms with van der Waals surface area (Å²) in [6.45, 7) is 4.23. The van der Waals surface area contributed by atoms with E-state index in [2.05, 4.69) is 24.5 Å². The number of amides is 2. The first kappa shape index (κ1) is 22.2. The molecule has 0 aliphatic heterocycles. The van der Waals surface area contributed by atoms with Crippen molar-refractivity contribution in [2.75, 3.05) is 25.5 Å². The lowest BCUT2D eigenvalue weighted by molar-refractivity contribution is -0.132. The van der Waals surface area contributed by atoms with Crippen molar-refractivity contribution in [3.63, 3.8) is 0 Å². The second kappa shape index (κ2) is 10.5. The molecular weight excluding hydrogens is 397 g/mol. The molecule has 0 heterocycles. The fourth-order valence-corrected chi connectivity index (χ4v) is 3.32. The molecule has 0 spiro atoms. The van der Waals surface area contributed by atoms with Crippen molar-refractivity contribution >= 4 is 40.7 Å². The van der Waals surface area contributed by atoms with Gasteiger partial charge in [-0.2, -0.15) is 0 Å². The molecule has 150 valence electrons. The molecule has 2 N–H and O–H groups in total. The number of carbonyl (C=O) groups is 2. The minimum Gasteiger partial charge on any atom is -0.335 e. The van der Waals surface area contributed by atoms with Gasteiger partial charge in [0, 0.05) is 13.1 Å². The van der Waals surface area contributed by atoms with Crippen molar-refractivity contribution in [1.29, 1.82) is 0 Å². The highest BCUT2D eigenvalue weighted by Gasteiger charge is 2.19. The maximum absolute atomic E-state index is 12.5. The number of hydrogen-bond acceptors (Lipinski definition) is 3. The molecule has 0 saturated heterocycles. The number of halogens is 2. The van der Waals surface area contributed by atoms with Gasteiger partial charge in [0.25, 0.3) is 0 Å². The third-order valence-electron chi connectivity index (χ3n) is 4.33. The second-order valence-corrected chi connectivity index (χ2v) is 7.72. The van der Waals surface area contributed by atoms with Crippen LogP contribution in [0.4, 0.5) is 5.69 Å². The van der Waals surface area contributed by atoms with Gasteiger partial charge in [0.15, 0.2) is 0 Å². The van der Waals surface area contributed by atoms with Gasteiger partial charge >= 0.3 is 0 Å². The Morgan fingerprint density at radius 1 is 1.00 bits per heavy atom. The average Bonchev–Trinajstić information content (AvgIpc) is 2.65. The van der Waals surface area contributed by atoms with Crippen molar-refractivity contribution in [2.45, 2.75) is 19.9 Å². The van der Waals surface area contributed by atoms with Crippen LogP contribution in [0.2, 0.25) is 10.0 Å². The minimum absolute atomic E-state index is 0.0503. The van der Waals surface area contributed by atoms with Crippen LogP contribution < -0.4 is 10.6 Å². The van der Waals surface area contributed by atoms with Crippen LogP contribution >= 0.6 is 23.2 Å². The minimum atomic E-state index is -0.366. The molecule has 2 aromatic rings. The number of carbonyl (C=O) groups excluding carboxylic acids is 2. The number of likely N-dealkylation sites (N-methyl/N-ethyl adjacent to an activating group) is 1. The lowest BCUT2D eigenvalue weighted by Crippen LogP contribution is -2.41. The van der Waals surface area contributed by atoms with Crippen LogP contribution in [0.3, 0.4) is 0 Å². The molecule has 0 radical (unpaired) electrons. The summed E-state index contributed by atoms with van der Waals surface area (Å²) in [5.41, 5.74) is 1.47. The highest BCUT2D eigenvalue weighted by Crippen LogP contribution is 2.29. The van der Waals surface area contributed by atoms with E-state index in [0.717, 1.165) is 5.56 Å². The van der Waals surface area contributed by atoms with Crippen molar-refractivity contribution in [2.24, 2.45) is 5.92 Å². The summed E-state index contributed by atoms with van der Waals surface area (Å²) >= 11 is 12.1. The maximum Gasteiger partial charge on any atom is 0.244 e. The Kier molecular flexibility index (Phi) is 8.30. The van der Waals surface area contributed by atoms with Gasteiger partial charge in [-0.15, -0.1) is 0 Å². The molecule has 2 rings (SSSR count). The summed E-state index contributed by atoms with van der Waals surface area (Å²) in [5, 5.41) is 6.64. The molecule has 0 aliphatic rings. The van der Waals surface area contributed by atoms with Crippen LogP contribution in [0.25, 0.3) is 0 Å². The SMILES string of the molecule is CC(C)[C@@H](NCC(=O)N(C)CC(=O)Nc1c(Cl)cccc1Cl)c1ccccc1. The molecule has 0 aromatic heterocycles. The number of rotatable bonds is 8. The highest BCUT2D eigenvalue weighted by molar-refractivity contribution is 6.39. The molecule has 0 fully saturated rings. The lowest BCUT2D eigenvalue weighted by Gasteiger charge is -2.24. The first-order valence-electron chi connectivity index (χ1n) is 9.05. The summed E-state index contributed by atoms with van der Waals surface area (Å²) < 4.78 is 0. The number of anilines is 1. The Bertz CT molecular complexity index is 792. The van der Waals surface area contributed by atoms with Crippen LogP contribution in [0, 0.1) is 5.92 Å². The van der Waals surface area contributed by atoms with Crippen LogP contribution in [0.1, 0.15) is 25.5 Å². The van der Waals surface area contributed by atoms with Crippen molar-refractivity contribution in [1.82, 2.24) is 10.2 Å². The van der Waals surface area contributed by atoms with Crippen LogP contribution in [0.15, 0.2) is 48.5 Å². The molecular formula is C21H25Cl2N3O2. The molecule has 0 aliphatic carbocycles. The lowest BCUT2D eigenvalue weighted by atomic mass is 9.96. The van der Waals surface area contributed by atoms with E-state index >= 15 is 0 Å². The van der Waals surface area contributed by atoms with Gasteiger partial charge in [-0.1, -0.05) is 73.4 Å². The first-order chi connectivity index (χ1) is 13.3. The Balaban J connectivity index is 1.90. The van der Waals surface area contributed by atoms with Crippen molar-refractivity contribution in [3.8, 4) is 0 Å². The van der Waals surface area contributed by atoms with E-state index in [1.807, 2.05) is 30.3 Å². The van der Waals surface area contributed by atoms with E-state index in [1.54, 1.807) is 25.2 Å². The molecule has 0 bridgehead atoms. The average molecular weight is 422 g/mol. The Morgan fingerprint density at radius 2 is 1.61 bits per heavy atom. The van der Waals surface area contributed by atoms with Crippen LogP contribution in [0.5, 0.6) is 0 Å². The standard InChI is InChI=1S/C21H25Cl2N3O2/c1-14(2)20(15-8-5-4-6-9-15)24-12-19(28)26(3)13-18(27)25-21-16(22)10-7-11-17(21)23/h4-11,14,20,24H,12-13H2,1-3H3,(H,25,27)/t20-/m1/s1. The van der Waals surface area contributed by atoms with E-state index in [1.165, 1.54) is 4.90 Å². The van der Waals surface area contributed by atoms with Gasteiger partial charge in [-0.25, -0.2) is 0 Å². The first-order valence-corrected chi connectivity index (χ1v) is 9.81. The number of hydrogen-bond donors (Lipinski definition) is 2. The van der Waals surface area contributed by atoms with Gasteiger partial charge < -0.3 is 15.5 Å². The second-order valence-electron chi connectivity index (χ2n) is 6.91. The van der Waals surface area contributed by atoms with Crippen molar-refractivity contribution in [3.05, 3.63) is 64.1 Å². The molecule has 1 atom stereocenters. The predicted octanol–water partition coefficient (Wildman–Crippen LogP) is 4.38. The van der Waals surface area contributed by atoms with E-state index < -0.39 is 0 Å². The number of benzene rings is 2. The van der Waals surface area contributed by atoms with Gasteiger partial charge in [0.2, 0.25) is 11.8 Å². The third kappa shape index (κ3) is 6.23. The maximum atomic E-state index is 12.5. The van der Waals surface area contributed by atoms with Gasteiger partial charge in [0.1, 0.15) is 0 Å². The highest BCUT2D eigenvalue weighted by atomic mass is 35.5. The number of nitrogens with one attached hydrogen (secondary N) is 2. The largest absolute Gasteiger partial charge is 0.335 e. The number of nitrogens with zero attached hydrogens (tertiary/aromatic N) is 1. The third-order valence-corrected chi connectivity index (χ3v) is 4.96. The molecule has 5 nitrogen and oxygen atoms in total. The molecule has 0 saturated carbocycles. The molecule has 7 heteroatoms. The molecule has 2 aromatic carbocycles. The van der Waals surface area contributed by atoms with Crippen molar-refractivity contribution < 1.29 is 9.59 Å². The van der Waals surface area contributed by atoms with E-state index in [9.17, 15) is 9.59 Å². The monoisotopic (exact) mass is 421 g/mol. The number of para-hydroxylation sites is 1. The zero-order chi connectivity index (χ0) is 20.7. The van der Waals surface area contributed by atoms with Gasteiger partial charge in [0.05, 0.1) is 28.8 Å². The fraction of sp³-hybridized carbons (Fsp3) is 0.333. The summed E-state index contributed by atoms with van der Waals surface area (Å²) in [6, 6.07) is 15.0. The predicted molar refractivity (Wildman–Crippen MR) is 115 cm³/mol. The normalized spacial score (nSPS) is 11.9. The van der Waals surface area contributed by atoms with Gasteiger partial charge in [-0.05, 0) is 23.6 Å². The smallest absolute Gasteiger partial charge is 0.244 e. The van der Waals surface area contributed by atoms with Crippen LogP contribution in [-0.4, -0.2) is 36.9 Å². The zero-order valence-corrected chi connectivity index (χ0v) is 17.7. The summed E-state index contributed by atoms with van der Waals surface area (Å²) in [6.07, 6.45) is 0. The topological polar surface area (TPSA) is 61.4 Å². The Hall–Kier alpha value is -2.08. The quantitative estimate of drug-likeness (QED) is 0.664. The van der Waals surface area contributed by atoms with Crippen LogP contribution in [-0.2, 0) is 9.59 Å². The Morgan fingerprint density at radius 3 is 2.18 bits per heavy atom. The molecule has 2 amide bonds. The summed E-state index contributed by atoms with van der Waals surface area (Å²) in [7, 11) is 1.59. The molecule has 0 unspecified atom stereocenters. The Labute approximate surface area is 176 Å². The van der Waals surface area contributed by atoms with E-state index in [4.69, 9.17) is 23.2 Å². The summed E-state index contributed by atoms with van der Waals surface area (Å²) in [5.74, 6) is -0.234. The zero-order valence-electron chi connectivity index (χ0n) is 16.2. The summed E-state index contributed by atoms with van der Waals surface area (Å²) in [4.78, 5) is 26.1. The fourth-order valence-electron chi connectivity index (χ4n) is 2.83. The van der Waals surface area contributed by atoms with E-state index in [0.29, 0.717) is 21.7 Å².